The fourth-order valence-corrected chi connectivity index (χ4v) is 9.81. The molecule has 0 unspecified atom stereocenters. The van der Waals surface area contributed by atoms with Crippen LogP contribution >= 0.6 is 0 Å². The summed E-state index contributed by atoms with van der Waals surface area (Å²) in [5.41, 5.74) is 8.02. The van der Waals surface area contributed by atoms with Crippen LogP contribution in [-0.4, -0.2) is 7.05 Å². The third-order valence-electron chi connectivity index (χ3n) is 13.0. The lowest BCUT2D eigenvalue weighted by molar-refractivity contribution is 1.22. The van der Waals surface area contributed by atoms with Gasteiger partial charge in [-0.05, 0) is 124 Å². The molecule has 12 rings (SSSR count). The Balaban J connectivity index is 0.000000196. The molecule has 308 valence electrons. The van der Waals surface area contributed by atoms with Crippen LogP contribution in [0, 0.1) is 0 Å². The molecular formula is C63H46N2. The van der Waals surface area contributed by atoms with E-state index in [0.29, 0.717) is 0 Å². The van der Waals surface area contributed by atoms with Gasteiger partial charge in [0.25, 0.3) is 0 Å². The van der Waals surface area contributed by atoms with E-state index in [9.17, 15) is 0 Å². The molecule has 2 heteroatoms. The van der Waals surface area contributed by atoms with Crippen molar-refractivity contribution in [3.8, 4) is 0 Å². The molecule has 0 saturated heterocycles. The summed E-state index contributed by atoms with van der Waals surface area (Å²) in [6.45, 7) is 7.77. The molecule has 2 nitrogen and oxygen atoms in total. The molecule has 0 atom stereocenters. The van der Waals surface area contributed by atoms with Crippen molar-refractivity contribution in [2.45, 2.75) is 0 Å². The number of hydrogen-bond acceptors (Lipinski definition) is 2. The van der Waals surface area contributed by atoms with E-state index in [1.54, 1.807) is 0 Å². The molecular weight excluding hydrogens is 785 g/mol. The molecule has 0 heterocycles. The molecule has 0 aliphatic carbocycles. The molecule has 0 bridgehead atoms. The first-order chi connectivity index (χ1) is 32.1. The number of rotatable bonds is 7. The minimum atomic E-state index is 1.10. The van der Waals surface area contributed by atoms with E-state index < -0.39 is 0 Å². The van der Waals surface area contributed by atoms with Gasteiger partial charge < -0.3 is 9.80 Å². The number of anilines is 5. The summed E-state index contributed by atoms with van der Waals surface area (Å²) in [7, 11) is 2.10. The molecule has 0 aromatic heterocycles. The van der Waals surface area contributed by atoms with Gasteiger partial charge in [0.1, 0.15) is 0 Å². The largest absolute Gasteiger partial charge is 0.344 e. The summed E-state index contributed by atoms with van der Waals surface area (Å²) in [6.07, 6.45) is 3.76. The first-order valence-corrected chi connectivity index (χ1v) is 22.2. The monoisotopic (exact) mass is 830 g/mol. The third kappa shape index (κ3) is 6.93. The van der Waals surface area contributed by atoms with Crippen molar-refractivity contribution in [2.24, 2.45) is 0 Å². The van der Waals surface area contributed by atoms with Crippen LogP contribution in [0.15, 0.2) is 238 Å². The highest BCUT2D eigenvalue weighted by Crippen LogP contribution is 2.47. The molecule has 0 fully saturated rings. The molecule has 12 aromatic rings. The summed E-state index contributed by atoms with van der Waals surface area (Å²) in [5.74, 6) is 0. The van der Waals surface area contributed by atoms with E-state index in [1.807, 2.05) is 12.2 Å². The highest BCUT2D eigenvalue weighted by Gasteiger charge is 2.20. The Morgan fingerprint density at radius 3 is 1.18 bits per heavy atom. The molecule has 0 saturated carbocycles. The van der Waals surface area contributed by atoms with E-state index >= 15 is 0 Å². The second-order valence-corrected chi connectivity index (χ2v) is 16.6. The van der Waals surface area contributed by atoms with Gasteiger partial charge in [0.15, 0.2) is 0 Å². The standard InChI is InChI=1S/C44H29N.C19H17N/c1-2-29-22-24-31(25-23-29)45(42-21-11-13-30-12-3-4-14-33(30)42)32-26-27-37-36-17-7-9-19-39(36)43-38-18-8-5-15-34(38)35-16-6-10-20-40(35)44(43)41(37)28-32;1-3-15-11-13-17(14-12-15)20(2)19-10-6-8-16-7-4-5-9-18(16)19/h2-28H,1H2;3-14H,1H2,2H3. The van der Waals surface area contributed by atoms with Crippen molar-refractivity contribution in [1.29, 1.82) is 0 Å². The number of fused-ring (bicyclic) bond motifs is 13. The quantitative estimate of drug-likeness (QED) is 0.148. The van der Waals surface area contributed by atoms with Crippen LogP contribution < -0.4 is 9.80 Å². The van der Waals surface area contributed by atoms with E-state index in [0.717, 1.165) is 28.2 Å². The van der Waals surface area contributed by atoms with Crippen LogP contribution in [0.25, 0.3) is 87.6 Å². The number of nitrogens with zero attached hydrogens (tertiary/aromatic N) is 2. The van der Waals surface area contributed by atoms with Crippen molar-refractivity contribution >= 4 is 116 Å². The van der Waals surface area contributed by atoms with Crippen LogP contribution in [0.2, 0.25) is 0 Å². The van der Waals surface area contributed by atoms with Crippen molar-refractivity contribution in [3.05, 3.63) is 249 Å². The Morgan fingerprint density at radius 1 is 0.308 bits per heavy atom. The Labute approximate surface area is 379 Å². The molecule has 0 radical (unpaired) electrons. The maximum absolute atomic E-state index is 3.98. The predicted octanol–water partition coefficient (Wildman–Crippen LogP) is 18.0. The third-order valence-corrected chi connectivity index (χ3v) is 13.0. The molecule has 0 N–H and O–H groups in total. The second kappa shape index (κ2) is 16.7. The fourth-order valence-electron chi connectivity index (χ4n) is 9.81. The van der Waals surface area contributed by atoms with E-state index in [1.165, 1.54) is 86.8 Å². The van der Waals surface area contributed by atoms with Gasteiger partial charge in [-0.3, -0.25) is 0 Å². The zero-order chi connectivity index (χ0) is 43.9. The lowest BCUT2D eigenvalue weighted by Crippen LogP contribution is -2.10. The van der Waals surface area contributed by atoms with Crippen LogP contribution in [0.3, 0.4) is 0 Å². The second-order valence-electron chi connectivity index (χ2n) is 16.6. The summed E-state index contributed by atoms with van der Waals surface area (Å²) < 4.78 is 0. The summed E-state index contributed by atoms with van der Waals surface area (Å²) in [4.78, 5) is 4.62. The van der Waals surface area contributed by atoms with Gasteiger partial charge in [-0.25, -0.2) is 0 Å². The lowest BCUT2D eigenvalue weighted by atomic mass is 9.87. The summed E-state index contributed by atoms with van der Waals surface area (Å²) in [6, 6.07) is 80.9. The van der Waals surface area contributed by atoms with Crippen molar-refractivity contribution < 1.29 is 0 Å². The summed E-state index contributed by atoms with van der Waals surface area (Å²) in [5, 5.41) is 17.8. The van der Waals surface area contributed by atoms with Gasteiger partial charge in [0.2, 0.25) is 0 Å². The minimum Gasteiger partial charge on any atom is -0.344 e. The van der Waals surface area contributed by atoms with Crippen LogP contribution in [0.5, 0.6) is 0 Å². The first kappa shape index (κ1) is 39.4. The highest BCUT2D eigenvalue weighted by atomic mass is 15.1. The topological polar surface area (TPSA) is 6.48 Å². The Hall–Kier alpha value is -8.46. The van der Waals surface area contributed by atoms with Crippen molar-refractivity contribution in [3.63, 3.8) is 0 Å². The first-order valence-electron chi connectivity index (χ1n) is 22.2. The molecule has 65 heavy (non-hydrogen) atoms. The maximum Gasteiger partial charge on any atom is 0.0540 e. The fraction of sp³-hybridized carbons (Fsp3) is 0.0159. The van der Waals surface area contributed by atoms with Crippen molar-refractivity contribution in [1.82, 2.24) is 0 Å². The van der Waals surface area contributed by atoms with Gasteiger partial charge >= 0.3 is 0 Å². The Bertz CT molecular complexity index is 3740. The smallest absolute Gasteiger partial charge is 0.0540 e. The molecule has 0 spiro atoms. The van der Waals surface area contributed by atoms with Gasteiger partial charge in [-0.1, -0.05) is 201 Å². The van der Waals surface area contributed by atoms with Gasteiger partial charge in [0, 0.05) is 40.6 Å². The molecule has 12 aromatic carbocycles. The highest BCUT2D eigenvalue weighted by molar-refractivity contribution is 6.39. The molecule has 0 aliphatic heterocycles. The van der Waals surface area contributed by atoms with Crippen LogP contribution in [-0.2, 0) is 0 Å². The minimum absolute atomic E-state index is 1.10. The van der Waals surface area contributed by atoms with Gasteiger partial charge in [-0.2, -0.15) is 0 Å². The van der Waals surface area contributed by atoms with E-state index in [2.05, 4.69) is 254 Å². The Morgan fingerprint density at radius 2 is 0.677 bits per heavy atom. The normalized spacial score (nSPS) is 11.3. The average Bonchev–Trinajstić information content (AvgIpc) is 3.38. The van der Waals surface area contributed by atoms with Crippen molar-refractivity contribution in [2.75, 3.05) is 16.8 Å². The van der Waals surface area contributed by atoms with Gasteiger partial charge in [-0.15, -0.1) is 0 Å². The lowest BCUT2D eigenvalue weighted by Gasteiger charge is -2.28. The molecule has 0 aliphatic rings. The Kier molecular flexibility index (Phi) is 10.1. The average molecular weight is 831 g/mol. The zero-order valence-corrected chi connectivity index (χ0v) is 36.3. The summed E-state index contributed by atoms with van der Waals surface area (Å²) >= 11 is 0. The maximum atomic E-state index is 3.98. The van der Waals surface area contributed by atoms with Crippen LogP contribution in [0.4, 0.5) is 28.4 Å². The SMILES string of the molecule is C=Cc1ccc(N(C)c2cccc3ccccc23)cc1.C=Cc1ccc(N(c2ccc3c4ccccc4c4c5ccccc5c5ccccc5c4c3c2)c2cccc3ccccc23)cc1. The van der Waals surface area contributed by atoms with Gasteiger partial charge in [0.05, 0.1) is 5.69 Å². The predicted molar refractivity (Wildman–Crippen MR) is 285 cm³/mol. The van der Waals surface area contributed by atoms with Crippen LogP contribution in [0.1, 0.15) is 11.1 Å². The molecule has 0 amide bonds. The van der Waals surface area contributed by atoms with E-state index in [-0.39, 0.29) is 0 Å². The number of hydrogen-bond donors (Lipinski definition) is 0. The zero-order valence-electron chi connectivity index (χ0n) is 36.3. The van der Waals surface area contributed by atoms with E-state index in [4.69, 9.17) is 0 Å². The number of benzene rings is 12.